The van der Waals surface area contributed by atoms with Crippen LogP contribution in [-0.2, 0) is 11.2 Å². The molecule has 0 unspecified atom stereocenters. The molecular formula is C16H19N3O3S. The van der Waals surface area contributed by atoms with E-state index >= 15 is 0 Å². The Hall–Kier alpha value is -2.02. The maximum atomic E-state index is 11.9. The van der Waals surface area contributed by atoms with Gasteiger partial charge in [0.1, 0.15) is 5.75 Å². The van der Waals surface area contributed by atoms with Crippen LogP contribution in [0.3, 0.4) is 0 Å². The monoisotopic (exact) mass is 333 g/mol. The molecule has 0 spiro atoms. The van der Waals surface area contributed by atoms with Crippen LogP contribution in [0, 0.1) is 12.8 Å². The molecule has 2 heterocycles. The van der Waals surface area contributed by atoms with Crippen LogP contribution in [0.5, 0.6) is 5.75 Å². The second kappa shape index (κ2) is 7.50. The molecule has 1 atom stereocenters. The summed E-state index contributed by atoms with van der Waals surface area (Å²) in [6.45, 7) is 3.07. The molecule has 3 rings (SSSR count). The molecule has 0 saturated carbocycles. The molecule has 1 aliphatic rings. The summed E-state index contributed by atoms with van der Waals surface area (Å²) < 4.78 is 11.0. The number of aromatic nitrogens is 2. The van der Waals surface area contributed by atoms with Gasteiger partial charge in [0.2, 0.25) is 11.8 Å². The third-order valence-corrected chi connectivity index (χ3v) is 4.51. The van der Waals surface area contributed by atoms with E-state index in [2.05, 4.69) is 21.6 Å². The fourth-order valence-corrected chi connectivity index (χ4v) is 3.14. The van der Waals surface area contributed by atoms with Crippen LogP contribution in [0.4, 0.5) is 0 Å². The van der Waals surface area contributed by atoms with Crippen molar-refractivity contribution >= 4 is 17.7 Å². The fraction of sp³-hybridized carbons (Fsp3) is 0.438. The highest BCUT2D eigenvalue weighted by Crippen LogP contribution is 2.26. The number of fused-ring (bicyclic) bond motifs is 1. The van der Waals surface area contributed by atoms with Crippen LogP contribution in [0.2, 0.25) is 0 Å². The summed E-state index contributed by atoms with van der Waals surface area (Å²) in [5, 5.41) is 11.0. The number of amides is 1. The summed E-state index contributed by atoms with van der Waals surface area (Å²) in [5.41, 5.74) is 1.21. The number of aryl methyl sites for hydroxylation is 1. The number of ether oxygens (including phenoxy) is 1. The van der Waals surface area contributed by atoms with Crippen molar-refractivity contribution in [3.05, 3.63) is 35.7 Å². The van der Waals surface area contributed by atoms with Gasteiger partial charge in [-0.25, -0.2) is 0 Å². The molecule has 0 aliphatic carbocycles. The summed E-state index contributed by atoms with van der Waals surface area (Å²) in [6, 6.07) is 8.09. The zero-order chi connectivity index (χ0) is 16.1. The summed E-state index contributed by atoms with van der Waals surface area (Å²) >= 11 is 1.25. The predicted octanol–water partition coefficient (Wildman–Crippen LogP) is 2.23. The topological polar surface area (TPSA) is 77.2 Å². The van der Waals surface area contributed by atoms with Crippen LogP contribution in [0.25, 0.3) is 0 Å². The van der Waals surface area contributed by atoms with E-state index in [-0.39, 0.29) is 11.7 Å². The van der Waals surface area contributed by atoms with Gasteiger partial charge < -0.3 is 14.5 Å². The number of carbonyl (C=O) groups excluding carboxylic acids is 1. The molecule has 0 radical (unpaired) electrons. The Morgan fingerprint density at radius 3 is 3.09 bits per heavy atom. The molecular weight excluding hydrogens is 314 g/mol. The molecule has 6 nitrogen and oxygen atoms in total. The predicted molar refractivity (Wildman–Crippen MR) is 86.5 cm³/mol. The standard InChI is InChI=1S/C16H19N3O3S/c1-11-18-19-16(22-11)23-10-15(20)17-9-12-6-7-21-14-5-3-2-4-13(14)8-12/h2-5,12H,6-10H2,1H3,(H,17,20)/t12-/m1/s1. The van der Waals surface area contributed by atoms with Crippen molar-refractivity contribution in [2.24, 2.45) is 5.92 Å². The second-order valence-corrected chi connectivity index (χ2v) is 6.42. The van der Waals surface area contributed by atoms with E-state index in [0.717, 1.165) is 18.6 Å². The number of hydrogen-bond acceptors (Lipinski definition) is 6. The Morgan fingerprint density at radius 2 is 2.26 bits per heavy atom. The molecule has 1 aliphatic heterocycles. The van der Waals surface area contributed by atoms with E-state index in [0.29, 0.717) is 30.2 Å². The first-order valence-corrected chi connectivity index (χ1v) is 8.59. The quantitative estimate of drug-likeness (QED) is 0.846. The summed E-state index contributed by atoms with van der Waals surface area (Å²) in [6.07, 6.45) is 1.86. The van der Waals surface area contributed by atoms with E-state index in [1.807, 2.05) is 18.2 Å². The lowest BCUT2D eigenvalue weighted by Gasteiger charge is -2.14. The molecule has 1 aromatic heterocycles. The summed E-state index contributed by atoms with van der Waals surface area (Å²) in [5.74, 6) is 2.11. The average Bonchev–Trinajstić information content (AvgIpc) is 2.86. The summed E-state index contributed by atoms with van der Waals surface area (Å²) in [4.78, 5) is 11.9. The highest BCUT2D eigenvalue weighted by molar-refractivity contribution is 7.99. The molecule has 0 bridgehead atoms. The van der Waals surface area contributed by atoms with Crippen molar-refractivity contribution in [3.63, 3.8) is 0 Å². The van der Waals surface area contributed by atoms with E-state index < -0.39 is 0 Å². The minimum atomic E-state index is -0.0238. The Morgan fingerprint density at radius 1 is 1.39 bits per heavy atom. The summed E-state index contributed by atoms with van der Waals surface area (Å²) in [7, 11) is 0. The largest absolute Gasteiger partial charge is 0.493 e. The Bertz CT molecular complexity index is 674. The Labute approximate surface area is 139 Å². The SMILES string of the molecule is Cc1nnc(SCC(=O)NC[C@@H]2CCOc3ccccc3C2)o1. The third-order valence-electron chi connectivity index (χ3n) is 3.69. The molecule has 0 saturated heterocycles. The van der Waals surface area contributed by atoms with Crippen LogP contribution >= 0.6 is 11.8 Å². The molecule has 1 N–H and O–H groups in total. The minimum absolute atomic E-state index is 0.0238. The lowest BCUT2D eigenvalue weighted by atomic mass is 9.97. The smallest absolute Gasteiger partial charge is 0.277 e. The van der Waals surface area contributed by atoms with Gasteiger partial charge in [-0.05, 0) is 30.4 Å². The fourth-order valence-electron chi connectivity index (χ4n) is 2.51. The molecule has 7 heteroatoms. The van der Waals surface area contributed by atoms with Gasteiger partial charge in [0.25, 0.3) is 5.22 Å². The molecule has 23 heavy (non-hydrogen) atoms. The zero-order valence-electron chi connectivity index (χ0n) is 12.9. The maximum Gasteiger partial charge on any atom is 0.277 e. The highest BCUT2D eigenvalue weighted by Gasteiger charge is 2.18. The zero-order valence-corrected chi connectivity index (χ0v) is 13.8. The van der Waals surface area contributed by atoms with E-state index in [9.17, 15) is 4.79 Å². The van der Waals surface area contributed by atoms with Crippen molar-refractivity contribution in [2.45, 2.75) is 25.0 Å². The Balaban J connectivity index is 1.45. The first-order chi connectivity index (χ1) is 11.2. The van der Waals surface area contributed by atoms with E-state index in [4.69, 9.17) is 9.15 Å². The highest BCUT2D eigenvalue weighted by atomic mass is 32.2. The first-order valence-electron chi connectivity index (χ1n) is 7.61. The van der Waals surface area contributed by atoms with Crippen LogP contribution in [-0.4, -0.2) is 35.0 Å². The maximum absolute atomic E-state index is 11.9. The third kappa shape index (κ3) is 4.48. The number of rotatable bonds is 5. The number of thioether (sulfide) groups is 1. The van der Waals surface area contributed by atoms with Crippen LogP contribution < -0.4 is 10.1 Å². The average molecular weight is 333 g/mol. The number of nitrogens with one attached hydrogen (secondary N) is 1. The first kappa shape index (κ1) is 15.9. The van der Waals surface area contributed by atoms with Gasteiger partial charge in [0.15, 0.2) is 0 Å². The minimum Gasteiger partial charge on any atom is -0.493 e. The van der Waals surface area contributed by atoms with Crippen molar-refractivity contribution in [2.75, 3.05) is 18.9 Å². The Kier molecular flexibility index (Phi) is 5.17. The van der Waals surface area contributed by atoms with Gasteiger partial charge in [-0.2, -0.15) is 0 Å². The van der Waals surface area contributed by atoms with Gasteiger partial charge in [-0.3, -0.25) is 4.79 Å². The van der Waals surface area contributed by atoms with Gasteiger partial charge in [-0.15, -0.1) is 10.2 Å². The van der Waals surface area contributed by atoms with E-state index in [1.54, 1.807) is 6.92 Å². The number of carbonyl (C=O) groups is 1. The molecule has 1 aromatic carbocycles. The van der Waals surface area contributed by atoms with Crippen LogP contribution in [0.15, 0.2) is 33.9 Å². The van der Waals surface area contributed by atoms with Crippen LogP contribution in [0.1, 0.15) is 17.9 Å². The van der Waals surface area contributed by atoms with Gasteiger partial charge in [0.05, 0.1) is 12.4 Å². The van der Waals surface area contributed by atoms with Gasteiger partial charge >= 0.3 is 0 Å². The van der Waals surface area contributed by atoms with E-state index in [1.165, 1.54) is 17.3 Å². The van der Waals surface area contributed by atoms with Crippen molar-refractivity contribution in [1.82, 2.24) is 15.5 Å². The normalized spacial score (nSPS) is 17.0. The molecule has 2 aromatic rings. The molecule has 1 amide bonds. The number of benzene rings is 1. The van der Waals surface area contributed by atoms with Crippen molar-refractivity contribution in [3.8, 4) is 5.75 Å². The van der Waals surface area contributed by atoms with Crippen molar-refractivity contribution < 1.29 is 13.9 Å². The number of para-hydroxylation sites is 1. The lowest BCUT2D eigenvalue weighted by molar-refractivity contribution is -0.118. The second-order valence-electron chi connectivity index (χ2n) is 5.49. The number of hydrogen-bond donors (Lipinski definition) is 1. The molecule has 122 valence electrons. The number of nitrogens with zero attached hydrogens (tertiary/aromatic N) is 2. The van der Waals surface area contributed by atoms with Gasteiger partial charge in [-0.1, -0.05) is 30.0 Å². The lowest BCUT2D eigenvalue weighted by Crippen LogP contribution is -2.31. The molecule has 0 fully saturated rings. The van der Waals surface area contributed by atoms with Gasteiger partial charge in [0, 0.05) is 13.5 Å². The van der Waals surface area contributed by atoms with Crippen molar-refractivity contribution in [1.29, 1.82) is 0 Å².